The number of amides is 1. The molecule has 138 valence electrons. The number of rotatable bonds is 7. The van der Waals surface area contributed by atoms with E-state index in [-0.39, 0.29) is 11.9 Å². The molecule has 0 spiro atoms. The monoisotopic (exact) mass is 394 g/mol. The Morgan fingerprint density at radius 3 is 2.69 bits per heavy atom. The van der Waals surface area contributed by atoms with Crippen LogP contribution in [0.15, 0.2) is 47.5 Å². The molecule has 26 heavy (non-hydrogen) atoms. The first-order valence-corrected chi connectivity index (χ1v) is 8.64. The fourth-order valence-electron chi connectivity index (χ4n) is 2.19. The number of nitrogens with zero attached hydrogens (tertiary/aromatic N) is 1. The van der Waals surface area contributed by atoms with Gasteiger partial charge in [-0.15, -0.1) is 0 Å². The molecule has 0 radical (unpaired) electrons. The van der Waals surface area contributed by atoms with Crippen molar-refractivity contribution in [2.75, 3.05) is 25.5 Å². The van der Waals surface area contributed by atoms with Gasteiger partial charge in [-0.25, -0.2) is 0 Å². The first-order chi connectivity index (χ1) is 12.5. The Kier molecular flexibility index (Phi) is 7.72. The second-order valence-corrected chi connectivity index (χ2v) is 6.18. The minimum Gasteiger partial charge on any atom is -0.380 e. The maximum Gasteiger partial charge on any atom is 0.251 e. The molecule has 2 aromatic carbocycles. The number of carbonyl (C=O) groups is 1. The predicted molar refractivity (Wildman–Crippen MR) is 106 cm³/mol. The number of methoxy groups -OCH3 is 1. The Hall–Kier alpha value is -2.28. The molecule has 6 nitrogen and oxygen atoms in total. The van der Waals surface area contributed by atoms with Gasteiger partial charge in [0.25, 0.3) is 5.91 Å². The molecule has 0 unspecified atom stereocenters. The molecule has 0 saturated heterocycles. The molecule has 2 rings (SSSR count). The van der Waals surface area contributed by atoms with Crippen molar-refractivity contribution in [2.24, 2.45) is 10.7 Å². The lowest BCUT2D eigenvalue weighted by Crippen LogP contribution is -2.28. The van der Waals surface area contributed by atoms with Crippen molar-refractivity contribution in [3.8, 4) is 0 Å². The SMILES string of the molecule is COCc1ccccc1NC(N)=NCCNC(=O)c1ccc(Cl)c(Cl)c1. The zero-order chi connectivity index (χ0) is 18.9. The van der Waals surface area contributed by atoms with E-state index in [9.17, 15) is 4.79 Å². The van der Waals surface area contributed by atoms with Crippen molar-refractivity contribution >= 4 is 40.8 Å². The van der Waals surface area contributed by atoms with E-state index in [1.54, 1.807) is 19.2 Å². The van der Waals surface area contributed by atoms with Crippen LogP contribution in [0, 0.1) is 0 Å². The van der Waals surface area contributed by atoms with E-state index in [0.717, 1.165) is 11.3 Å². The number of aliphatic imine (C=N–C) groups is 1. The highest BCUT2D eigenvalue weighted by molar-refractivity contribution is 6.42. The highest BCUT2D eigenvalue weighted by Gasteiger charge is 2.07. The fraction of sp³-hybridized carbons (Fsp3) is 0.222. The van der Waals surface area contributed by atoms with Crippen LogP contribution < -0.4 is 16.4 Å². The third kappa shape index (κ3) is 5.91. The maximum absolute atomic E-state index is 12.0. The Morgan fingerprint density at radius 1 is 1.19 bits per heavy atom. The number of para-hydroxylation sites is 1. The summed E-state index contributed by atoms with van der Waals surface area (Å²) < 4.78 is 5.15. The molecule has 2 aromatic rings. The molecule has 0 aliphatic heterocycles. The topological polar surface area (TPSA) is 88.7 Å². The average Bonchev–Trinajstić information content (AvgIpc) is 2.62. The largest absolute Gasteiger partial charge is 0.380 e. The van der Waals surface area contributed by atoms with E-state index in [0.29, 0.717) is 35.3 Å². The summed E-state index contributed by atoms with van der Waals surface area (Å²) in [6.07, 6.45) is 0. The molecule has 8 heteroatoms. The lowest BCUT2D eigenvalue weighted by atomic mass is 10.2. The quantitative estimate of drug-likeness (QED) is 0.381. The Labute approximate surface area is 162 Å². The van der Waals surface area contributed by atoms with Gasteiger partial charge in [0.15, 0.2) is 5.96 Å². The molecule has 0 aromatic heterocycles. The van der Waals surface area contributed by atoms with Crippen molar-refractivity contribution in [2.45, 2.75) is 6.61 Å². The summed E-state index contributed by atoms with van der Waals surface area (Å²) in [4.78, 5) is 16.2. The van der Waals surface area contributed by atoms with Crippen molar-refractivity contribution in [3.05, 3.63) is 63.6 Å². The molecular formula is C18H20Cl2N4O2. The summed E-state index contributed by atoms with van der Waals surface area (Å²) >= 11 is 11.7. The van der Waals surface area contributed by atoms with Gasteiger partial charge in [0.05, 0.1) is 23.2 Å². The van der Waals surface area contributed by atoms with Gasteiger partial charge in [-0.2, -0.15) is 0 Å². The van der Waals surface area contributed by atoms with Crippen LogP contribution in [0.3, 0.4) is 0 Å². The number of guanidine groups is 1. The minimum absolute atomic E-state index is 0.254. The van der Waals surface area contributed by atoms with Crippen molar-refractivity contribution in [1.82, 2.24) is 5.32 Å². The summed E-state index contributed by atoms with van der Waals surface area (Å²) in [5.74, 6) is 0.00748. The van der Waals surface area contributed by atoms with Gasteiger partial charge in [0.1, 0.15) is 0 Å². The van der Waals surface area contributed by atoms with Crippen molar-refractivity contribution in [3.63, 3.8) is 0 Å². The van der Waals surface area contributed by atoms with Gasteiger partial charge in [-0.1, -0.05) is 41.4 Å². The standard InChI is InChI=1S/C18H20Cl2N4O2/c1-26-11-13-4-2-3-5-16(13)24-18(21)23-9-8-22-17(25)12-6-7-14(19)15(20)10-12/h2-7,10H,8-9,11H2,1H3,(H,22,25)(H3,21,23,24). The normalized spacial score (nSPS) is 11.3. The maximum atomic E-state index is 12.0. The molecular weight excluding hydrogens is 375 g/mol. The number of hydrogen-bond donors (Lipinski definition) is 3. The van der Waals surface area contributed by atoms with E-state index in [4.69, 9.17) is 33.7 Å². The van der Waals surface area contributed by atoms with Gasteiger partial charge in [-0.05, 0) is 24.3 Å². The minimum atomic E-state index is -0.254. The number of ether oxygens (including phenoxy) is 1. The van der Waals surface area contributed by atoms with Crippen molar-refractivity contribution < 1.29 is 9.53 Å². The molecule has 0 bridgehead atoms. The Morgan fingerprint density at radius 2 is 1.96 bits per heavy atom. The zero-order valence-corrected chi connectivity index (χ0v) is 15.8. The van der Waals surface area contributed by atoms with Crippen LogP contribution in [0.4, 0.5) is 5.69 Å². The molecule has 0 aliphatic rings. The number of nitrogens with two attached hydrogens (primary N) is 1. The van der Waals surface area contributed by atoms with Crippen LogP contribution in [-0.4, -0.2) is 32.1 Å². The summed E-state index contributed by atoms with van der Waals surface area (Å²) in [5.41, 5.74) is 8.12. The number of halogens is 2. The Balaban J connectivity index is 1.84. The number of nitrogens with one attached hydrogen (secondary N) is 2. The van der Waals surface area contributed by atoms with E-state index in [2.05, 4.69) is 15.6 Å². The summed E-state index contributed by atoms with van der Waals surface area (Å²) in [5, 5.41) is 6.51. The van der Waals surface area contributed by atoms with E-state index >= 15 is 0 Å². The van der Waals surface area contributed by atoms with Crippen LogP contribution in [-0.2, 0) is 11.3 Å². The lowest BCUT2D eigenvalue weighted by Gasteiger charge is -2.11. The van der Waals surface area contributed by atoms with Crippen molar-refractivity contribution in [1.29, 1.82) is 0 Å². The van der Waals surface area contributed by atoms with Crippen LogP contribution in [0.5, 0.6) is 0 Å². The fourth-order valence-corrected chi connectivity index (χ4v) is 2.48. The molecule has 0 saturated carbocycles. The summed E-state index contributed by atoms with van der Waals surface area (Å²) in [6.45, 7) is 1.13. The highest BCUT2D eigenvalue weighted by Crippen LogP contribution is 2.22. The third-order valence-electron chi connectivity index (χ3n) is 3.44. The zero-order valence-electron chi connectivity index (χ0n) is 14.3. The third-order valence-corrected chi connectivity index (χ3v) is 4.18. The lowest BCUT2D eigenvalue weighted by molar-refractivity contribution is 0.0955. The van der Waals surface area contributed by atoms with Gasteiger partial charge in [0.2, 0.25) is 0 Å². The van der Waals surface area contributed by atoms with Gasteiger partial charge in [0, 0.05) is 30.5 Å². The molecule has 0 atom stereocenters. The molecule has 0 heterocycles. The highest BCUT2D eigenvalue weighted by atomic mass is 35.5. The van der Waals surface area contributed by atoms with E-state index in [1.165, 1.54) is 6.07 Å². The number of benzene rings is 2. The summed E-state index contributed by atoms with van der Waals surface area (Å²) in [7, 11) is 1.63. The van der Waals surface area contributed by atoms with Crippen LogP contribution in [0.1, 0.15) is 15.9 Å². The van der Waals surface area contributed by atoms with E-state index in [1.807, 2.05) is 24.3 Å². The van der Waals surface area contributed by atoms with Crippen LogP contribution in [0.25, 0.3) is 0 Å². The second kappa shape index (κ2) is 10.0. The smallest absolute Gasteiger partial charge is 0.251 e. The number of hydrogen-bond acceptors (Lipinski definition) is 3. The van der Waals surface area contributed by atoms with E-state index < -0.39 is 0 Å². The number of carbonyl (C=O) groups excluding carboxylic acids is 1. The average molecular weight is 395 g/mol. The molecule has 1 amide bonds. The predicted octanol–water partition coefficient (Wildman–Crippen LogP) is 3.30. The number of anilines is 1. The van der Waals surface area contributed by atoms with Gasteiger partial charge >= 0.3 is 0 Å². The molecule has 4 N–H and O–H groups in total. The van der Waals surface area contributed by atoms with Gasteiger partial charge < -0.3 is 21.1 Å². The molecule has 0 aliphatic carbocycles. The Bertz CT molecular complexity index is 797. The first-order valence-electron chi connectivity index (χ1n) is 7.88. The van der Waals surface area contributed by atoms with Gasteiger partial charge in [-0.3, -0.25) is 9.79 Å². The second-order valence-electron chi connectivity index (χ2n) is 5.37. The first kappa shape index (κ1) is 20.0. The van der Waals surface area contributed by atoms with Crippen LogP contribution >= 0.6 is 23.2 Å². The molecule has 0 fully saturated rings. The van der Waals surface area contributed by atoms with Crippen LogP contribution in [0.2, 0.25) is 10.0 Å². The summed E-state index contributed by atoms with van der Waals surface area (Å²) in [6, 6.07) is 12.4.